The molecule has 0 radical (unpaired) electrons. The number of imidazole rings is 1. The Hall–Kier alpha value is -2.18. The van der Waals surface area contributed by atoms with Crippen molar-refractivity contribution in [2.45, 2.75) is 0 Å². The second-order valence-electron chi connectivity index (χ2n) is 3.98. The van der Waals surface area contributed by atoms with Gasteiger partial charge in [-0.1, -0.05) is 24.3 Å². The number of hydrogen-bond acceptors (Lipinski definition) is 3. The van der Waals surface area contributed by atoms with Crippen LogP contribution in [0.5, 0.6) is 0 Å². The maximum atomic E-state index is 10.8. The van der Waals surface area contributed by atoms with Crippen molar-refractivity contribution in [3.63, 3.8) is 0 Å². The Morgan fingerprint density at radius 2 is 1.84 bits per heavy atom. The van der Waals surface area contributed by atoms with Crippen LogP contribution in [0.15, 0.2) is 48.5 Å². The zero-order chi connectivity index (χ0) is 13.2. The van der Waals surface area contributed by atoms with E-state index in [-0.39, 0.29) is 0 Å². The van der Waals surface area contributed by atoms with Crippen LogP contribution in [-0.4, -0.2) is 18.7 Å². The van der Waals surface area contributed by atoms with Gasteiger partial charge in [0.1, 0.15) is 5.82 Å². The standard InChI is InChI=1S/C13H11N3O2S/c17-19(18)16-10-6-2-1-5-9(10)13-14-11-7-3-4-8-12(11)15-13/h1-8,16H,(H,14,15)(H,17,18)/p-1. The molecule has 1 atom stereocenters. The van der Waals surface area contributed by atoms with Crippen molar-refractivity contribution in [2.75, 3.05) is 4.72 Å². The topological polar surface area (TPSA) is 80.8 Å². The fourth-order valence-electron chi connectivity index (χ4n) is 1.95. The van der Waals surface area contributed by atoms with Gasteiger partial charge in [0.2, 0.25) is 0 Å². The summed E-state index contributed by atoms with van der Waals surface area (Å²) in [6.07, 6.45) is 0. The van der Waals surface area contributed by atoms with E-state index in [2.05, 4.69) is 14.7 Å². The highest BCUT2D eigenvalue weighted by Crippen LogP contribution is 2.27. The smallest absolute Gasteiger partial charge is 0.140 e. The van der Waals surface area contributed by atoms with E-state index < -0.39 is 11.3 Å². The first-order valence-electron chi connectivity index (χ1n) is 5.64. The molecule has 2 aromatic carbocycles. The third kappa shape index (κ3) is 2.35. The van der Waals surface area contributed by atoms with Crippen LogP contribution in [0.1, 0.15) is 0 Å². The molecule has 3 aromatic rings. The van der Waals surface area contributed by atoms with Gasteiger partial charge >= 0.3 is 0 Å². The maximum Gasteiger partial charge on any atom is 0.140 e. The van der Waals surface area contributed by atoms with Crippen molar-refractivity contribution >= 4 is 28.0 Å². The number of aromatic nitrogens is 2. The van der Waals surface area contributed by atoms with Crippen LogP contribution in [-0.2, 0) is 11.3 Å². The van der Waals surface area contributed by atoms with Gasteiger partial charge in [-0.05, 0) is 24.3 Å². The molecule has 5 nitrogen and oxygen atoms in total. The van der Waals surface area contributed by atoms with Crippen LogP contribution in [0.2, 0.25) is 0 Å². The minimum absolute atomic E-state index is 0.495. The summed E-state index contributed by atoms with van der Waals surface area (Å²) >= 11 is -2.36. The molecular weight excluding hydrogens is 262 g/mol. The first-order chi connectivity index (χ1) is 9.24. The molecule has 0 amide bonds. The highest BCUT2D eigenvalue weighted by atomic mass is 32.2. The first kappa shape index (κ1) is 11.9. The zero-order valence-corrected chi connectivity index (χ0v) is 10.6. The second kappa shape index (κ2) is 4.83. The summed E-state index contributed by atoms with van der Waals surface area (Å²) in [5, 5.41) is 0. The van der Waals surface area contributed by atoms with Gasteiger partial charge in [-0.3, -0.25) is 4.21 Å². The molecule has 0 aliphatic heterocycles. The minimum atomic E-state index is -2.36. The highest BCUT2D eigenvalue weighted by Gasteiger charge is 2.09. The number of nitrogens with one attached hydrogen (secondary N) is 2. The minimum Gasteiger partial charge on any atom is -0.755 e. The fraction of sp³-hybridized carbons (Fsp3) is 0. The Balaban J connectivity index is 2.13. The normalized spacial score (nSPS) is 12.5. The van der Waals surface area contributed by atoms with Gasteiger partial charge in [0.25, 0.3) is 0 Å². The lowest BCUT2D eigenvalue weighted by Gasteiger charge is -2.11. The number of anilines is 1. The molecule has 1 heterocycles. The van der Waals surface area contributed by atoms with Crippen molar-refractivity contribution < 1.29 is 8.76 Å². The molecule has 1 aromatic heterocycles. The number of H-pyrrole nitrogens is 1. The van der Waals surface area contributed by atoms with Crippen LogP contribution in [0.3, 0.4) is 0 Å². The molecule has 0 aliphatic rings. The molecule has 96 valence electrons. The Bertz CT molecular complexity index is 721. The summed E-state index contributed by atoms with van der Waals surface area (Å²) in [5.41, 5.74) is 2.96. The van der Waals surface area contributed by atoms with Crippen LogP contribution in [0, 0.1) is 0 Å². The molecule has 0 fully saturated rings. The Morgan fingerprint density at radius 3 is 2.63 bits per heavy atom. The quantitative estimate of drug-likeness (QED) is 0.718. The van der Waals surface area contributed by atoms with Gasteiger partial charge in [0, 0.05) is 16.8 Å². The molecule has 19 heavy (non-hydrogen) atoms. The zero-order valence-electron chi connectivity index (χ0n) is 9.79. The predicted molar refractivity (Wildman–Crippen MR) is 74.1 cm³/mol. The second-order valence-corrected chi connectivity index (χ2v) is 4.66. The average Bonchev–Trinajstić information content (AvgIpc) is 2.82. The van der Waals surface area contributed by atoms with Gasteiger partial charge in [-0.2, -0.15) is 0 Å². The Labute approximate surface area is 112 Å². The van der Waals surface area contributed by atoms with E-state index in [1.54, 1.807) is 12.1 Å². The van der Waals surface area contributed by atoms with Gasteiger partial charge in [-0.15, -0.1) is 0 Å². The largest absolute Gasteiger partial charge is 0.755 e. The van der Waals surface area contributed by atoms with Crippen LogP contribution < -0.4 is 4.72 Å². The molecule has 0 saturated carbocycles. The molecule has 1 unspecified atom stereocenters. The van der Waals surface area contributed by atoms with E-state index in [4.69, 9.17) is 0 Å². The molecule has 0 aliphatic carbocycles. The van der Waals surface area contributed by atoms with Gasteiger partial charge in [0.05, 0.1) is 16.7 Å². The van der Waals surface area contributed by atoms with E-state index in [1.807, 2.05) is 36.4 Å². The van der Waals surface area contributed by atoms with Gasteiger partial charge < -0.3 is 14.3 Å². The maximum absolute atomic E-state index is 10.8. The Morgan fingerprint density at radius 1 is 1.11 bits per heavy atom. The number of aromatic amines is 1. The van der Waals surface area contributed by atoms with Crippen molar-refractivity contribution in [1.82, 2.24) is 9.97 Å². The molecular formula is C13H10N3O2S-. The summed E-state index contributed by atoms with van der Waals surface area (Å²) in [4.78, 5) is 7.63. The molecule has 6 heteroatoms. The molecule has 0 saturated heterocycles. The van der Waals surface area contributed by atoms with Crippen LogP contribution in [0.4, 0.5) is 5.69 Å². The predicted octanol–water partition coefficient (Wildman–Crippen LogP) is 2.44. The molecule has 0 bridgehead atoms. The summed E-state index contributed by atoms with van der Waals surface area (Å²) < 4.78 is 23.9. The number of nitrogens with zero attached hydrogens (tertiary/aromatic N) is 1. The van der Waals surface area contributed by atoms with Crippen molar-refractivity contribution in [2.24, 2.45) is 0 Å². The molecule has 0 spiro atoms. The third-order valence-electron chi connectivity index (χ3n) is 2.76. The van der Waals surface area contributed by atoms with E-state index in [1.165, 1.54) is 0 Å². The lowest BCUT2D eigenvalue weighted by molar-refractivity contribution is 0.542. The molecule has 3 rings (SSSR count). The number of rotatable bonds is 3. The lowest BCUT2D eigenvalue weighted by atomic mass is 10.2. The summed E-state index contributed by atoms with van der Waals surface area (Å²) in [6, 6.07) is 14.8. The molecule has 2 N–H and O–H groups in total. The lowest BCUT2D eigenvalue weighted by Crippen LogP contribution is -2.03. The number of hydrogen-bond donors (Lipinski definition) is 2. The van der Waals surface area contributed by atoms with E-state index >= 15 is 0 Å². The van der Waals surface area contributed by atoms with E-state index in [9.17, 15) is 8.76 Å². The van der Waals surface area contributed by atoms with Crippen molar-refractivity contribution in [3.05, 3.63) is 48.5 Å². The van der Waals surface area contributed by atoms with Crippen molar-refractivity contribution in [1.29, 1.82) is 0 Å². The highest BCUT2D eigenvalue weighted by molar-refractivity contribution is 7.80. The van der Waals surface area contributed by atoms with Gasteiger partial charge in [-0.25, -0.2) is 4.98 Å². The SMILES string of the molecule is O=S([O-])Nc1ccccc1-c1nc2ccccc2[nH]1. The van der Waals surface area contributed by atoms with E-state index in [0.29, 0.717) is 17.1 Å². The fourth-order valence-corrected chi connectivity index (χ4v) is 2.31. The van der Waals surface area contributed by atoms with Crippen LogP contribution in [0.25, 0.3) is 22.4 Å². The summed E-state index contributed by atoms with van der Waals surface area (Å²) in [6.45, 7) is 0. The summed E-state index contributed by atoms with van der Waals surface area (Å²) in [7, 11) is 0. The first-order valence-corrected chi connectivity index (χ1v) is 6.71. The van der Waals surface area contributed by atoms with Crippen LogP contribution >= 0.6 is 0 Å². The summed E-state index contributed by atoms with van der Waals surface area (Å²) in [5.74, 6) is 0.634. The monoisotopic (exact) mass is 272 g/mol. The Kier molecular flexibility index (Phi) is 3.02. The van der Waals surface area contributed by atoms with Gasteiger partial charge in [0.15, 0.2) is 0 Å². The van der Waals surface area contributed by atoms with E-state index in [0.717, 1.165) is 11.0 Å². The third-order valence-corrected chi connectivity index (χ3v) is 3.15. The number of benzene rings is 2. The van der Waals surface area contributed by atoms with Crippen molar-refractivity contribution in [3.8, 4) is 11.4 Å². The average molecular weight is 272 g/mol. The number of para-hydroxylation sites is 3. The number of fused-ring (bicyclic) bond motifs is 1.